The number of carbonyl (C=O) groups is 4. The Kier molecular flexibility index (Phi) is 6.05. The first-order chi connectivity index (χ1) is 14.6. The SMILES string of the molecule is Cc1ccc(C2(C)NC(=O)N(CC(=O)OCC(=O)Nc3ccc(C)c(F)c3)C2=O)cc1. The number of halogens is 1. The molecule has 1 saturated heterocycles. The topological polar surface area (TPSA) is 105 Å². The maximum absolute atomic E-state index is 13.5. The molecule has 31 heavy (non-hydrogen) atoms. The van der Waals surface area contributed by atoms with Gasteiger partial charge in [-0.1, -0.05) is 35.9 Å². The van der Waals surface area contributed by atoms with Crippen LogP contribution < -0.4 is 10.6 Å². The van der Waals surface area contributed by atoms with Gasteiger partial charge in [-0.05, 0) is 44.0 Å². The van der Waals surface area contributed by atoms with E-state index < -0.39 is 48.3 Å². The number of nitrogens with one attached hydrogen (secondary N) is 2. The lowest BCUT2D eigenvalue weighted by atomic mass is 9.91. The highest BCUT2D eigenvalue weighted by molar-refractivity contribution is 6.09. The minimum atomic E-state index is -1.31. The van der Waals surface area contributed by atoms with Crippen molar-refractivity contribution in [3.63, 3.8) is 0 Å². The zero-order chi connectivity index (χ0) is 22.8. The lowest BCUT2D eigenvalue weighted by Gasteiger charge is -2.22. The van der Waals surface area contributed by atoms with Crippen LogP contribution in [0.25, 0.3) is 0 Å². The highest BCUT2D eigenvalue weighted by Crippen LogP contribution is 2.28. The van der Waals surface area contributed by atoms with Crippen molar-refractivity contribution in [2.75, 3.05) is 18.5 Å². The predicted octanol–water partition coefficient (Wildman–Crippen LogP) is 2.39. The molecule has 3 rings (SSSR count). The number of hydrogen-bond acceptors (Lipinski definition) is 5. The van der Waals surface area contributed by atoms with Gasteiger partial charge in [0.1, 0.15) is 17.9 Å². The van der Waals surface area contributed by atoms with Crippen molar-refractivity contribution >= 4 is 29.5 Å². The summed E-state index contributed by atoms with van der Waals surface area (Å²) in [5.41, 5.74) is 0.911. The molecule has 4 amide bonds. The van der Waals surface area contributed by atoms with Crippen LogP contribution in [0.1, 0.15) is 23.6 Å². The molecule has 1 aliphatic heterocycles. The van der Waals surface area contributed by atoms with E-state index in [0.29, 0.717) is 11.1 Å². The van der Waals surface area contributed by atoms with Gasteiger partial charge < -0.3 is 15.4 Å². The molecule has 2 aromatic carbocycles. The predicted molar refractivity (Wildman–Crippen MR) is 110 cm³/mol. The summed E-state index contributed by atoms with van der Waals surface area (Å²) in [4.78, 5) is 49.9. The minimum absolute atomic E-state index is 0.215. The van der Waals surface area contributed by atoms with Gasteiger partial charge >= 0.3 is 12.0 Å². The summed E-state index contributed by atoms with van der Waals surface area (Å²) in [6.45, 7) is 3.75. The molecule has 1 heterocycles. The average molecular weight is 427 g/mol. The monoisotopic (exact) mass is 427 g/mol. The van der Waals surface area contributed by atoms with Crippen LogP contribution in [0, 0.1) is 19.7 Å². The Hall–Kier alpha value is -3.75. The molecule has 0 radical (unpaired) electrons. The molecule has 1 atom stereocenters. The summed E-state index contributed by atoms with van der Waals surface area (Å²) in [7, 11) is 0. The van der Waals surface area contributed by atoms with Gasteiger partial charge in [0.15, 0.2) is 6.61 Å². The van der Waals surface area contributed by atoms with E-state index in [0.717, 1.165) is 16.5 Å². The largest absolute Gasteiger partial charge is 0.454 e. The molecule has 1 unspecified atom stereocenters. The number of esters is 1. The number of nitrogens with zero attached hydrogens (tertiary/aromatic N) is 1. The second-order valence-electron chi connectivity index (χ2n) is 7.49. The van der Waals surface area contributed by atoms with Crippen molar-refractivity contribution in [2.24, 2.45) is 0 Å². The van der Waals surface area contributed by atoms with E-state index in [-0.39, 0.29) is 5.69 Å². The first-order valence-electron chi connectivity index (χ1n) is 9.53. The van der Waals surface area contributed by atoms with Crippen molar-refractivity contribution in [3.05, 3.63) is 65.0 Å². The smallest absolute Gasteiger partial charge is 0.326 e. The van der Waals surface area contributed by atoms with E-state index in [2.05, 4.69) is 10.6 Å². The maximum atomic E-state index is 13.5. The number of imide groups is 1. The van der Waals surface area contributed by atoms with Crippen molar-refractivity contribution in [2.45, 2.75) is 26.3 Å². The molecule has 0 spiro atoms. The zero-order valence-electron chi connectivity index (χ0n) is 17.3. The number of carbonyl (C=O) groups excluding carboxylic acids is 4. The lowest BCUT2D eigenvalue weighted by molar-refractivity contribution is -0.150. The number of rotatable bonds is 6. The van der Waals surface area contributed by atoms with Gasteiger partial charge in [0.2, 0.25) is 0 Å². The third-order valence-corrected chi connectivity index (χ3v) is 5.01. The molecule has 0 bridgehead atoms. The second-order valence-corrected chi connectivity index (χ2v) is 7.49. The molecule has 1 aliphatic rings. The van der Waals surface area contributed by atoms with Gasteiger partial charge in [-0.15, -0.1) is 0 Å². The Morgan fingerprint density at radius 3 is 2.45 bits per heavy atom. The average Bonchev–Trinajstić information content (AvgIpc) is 2.93. The van der Waals surface area contributed by atoms with Crippen LogP contribution in [0.3, 0.4) is 0 Å². The van der Waals surface area contributed by atoms with E-state index in [1.165, 1.54) is 12.1 Å². The van der Waals surface area contributed by atoms with Gasteiger partial charge in [0.25, 0.3) is 11.8 Å². The first-order valence-corrected chi connectivity index (χ1v) is 9.53. The molecular weight excluding hydrogens is 405 g/mol. The van der Waals surface area contributed by atoms with E-state index in [4.69, 9.17) is 4.74 Å². The van der Waals surface area contributed by atoms with Gasteiger partial charge in [-0.25, -0.2) is 9.18 Å². The summed E-state index contributed by atoms with van der Waals surface area (Å²) < 4.78 is 18.4. The Bertz CT molecular complexity index is 1050. The number of hydrogen-bond donors (Lipinski definition) is 2. The molecule has 162 valence electrons. The maximum Gasteiger partial charge on any atom is 0.326 e. The molecule has 1 fully saturated rings. The number of urea groups is 1. The molecule has 0 aliphatic carbocycles. The van der Waals surface area contributed by atoms with Crippen molar-refractivity contribution < 1.29 is 28.3 Å². The van der Waals surface area contributed by atoms with Crippen molar-refractivity contribution in [1.82, 2.24) is 10.2 Å². The highest BCUT2D eigenvalue weighted by Gasteiger charge is 2.49. The van der Waals surface area contributed by atoms with Crippen molar-refractivity contribution in [1.29, 1.82) is 0 Å². The minimum Gasteiger partial charge on any atom is -0.454 e. The van der Waals surface area contributed by atoms with Crippen LogP contribution in [0.5, 0.6) is 0 Å². The van der Waals surface area contributed by atoms with Crippen LogP contribution >= 0.6 is 0 Å². The lowest BCUT2D eigenvalue weighted by Crippen LogP contribution is -2.41. The summed E-state index contributed by atoms with van der Waals surface area (Å²) in [5.74, 6) is -2.69. The van der Waals surface area contributed by atoms with Gasteiger partial charge in [-0.2, -0.15) is 0 Å². The van der Waals surface area contributed by atoms with Crippen molar-refractivity contribution in [3.8, 4) is 0 Å². The normalized spacial score (nSPS) is 18.0. The number of amides is 4. The van der Waals surface area contributed by atoms with Gasteiger partial charge in [0.05, 0.1) is 0 Å². The summed E-state index contributed by atoms with van der Waals surface area (Å²) in [6, 6.07) is 10.5. The Morgan fingerprint density at radius 2 is 1.81 bits per heavy atom. The summed E-state index contributed by atoms with van der Waals surface area (Å²) in [5, 5.41) is 4.99. The Labute approximate surface area is 178 Å². The van der Waals surface area contributed by atoms with E-state index in [1.54, 1.807) is 26.0 Å². The third kappa shape index (κ3) is 4.71. The molecule has 0 saturated carbocycles. The van der Waals surface area contributed by atoms with Crippen LogP contribution in [-0.4, -0.2) is 41.9 Å². The number of ether oxygens (including phenoxy) is 1. The molecule has 9 heteroatoms. The second kappa shape index (κ2) is 8.55. The van der Waals surface area contributed by atoms with E-state index in [1.807, 2.05) is 19.1 Å². The van der Waals surface area contributed by atoms with E-state index in [9.17, 15) is 23.6 Å². The fraction of sp³-hybridized carbons (Fsp3) is 0.273. The van der Waals surface area contributed by atoms with Crippen LogP contribution in [0.15, 0.2) is 42.5 Å². The fourth-order valence-corrected chi connectivity index (χ4v) is 3.11. The number of benzene rings is 2. The molecule has 8 nitrogen and oxygen atoms in total. The first kappa shape index (κ1) is 21.9. The number of aryl methyl sites for hydroxylation is 2. The van der Waals surface area contributed by atoms with Gasteiger partial charge in [0, 0.05) is 5.69 Å². The zero-order valence-corrected chi connectivity index (χ0v) is 17.3. The molecular formula is C22H22FN3O5. The standard InChI is InChI=1S/C22H22FN3O5/c1-13-4-7-15(8-5-13)22(3)20(29)26(21(30)25-22)11-19(28)31-12-18(27)24-16-9-6-14(2)17(23)10-16/h4-10H,11-12H2,1-3H3,(H,24,27)(H,25,30). The molecule has 0 aromatic heterocycles. The third-order valence-electron chi connectivity index (χ3n) is 5.01. The molecule has 2 aromatic rings. The Morgan fingerprint density at radius 1 is 1.13 bits per heavy atom. The Balaban J connectivity index is 1.56. The van der Waals surface area contributed by atoms with Crippen LogP contribution in [0.2, 0.25) is 0 Å². The summed E-state index contributed by atoms with van der Waals surface area (Å²) in [6.07, 6.45) is 0. The van der Waals surface area contributed by atoms with Crippen LogP contribution in [0.4, 0.5) is 14.9 Å². The molecule has 2 N–H and O–H groups in total. The quantitative estimate of drug-likeness (QED) is 0.544. The summed E-state index contributed by atoms with van der Waals surface area (Å²) >= 11 is 0. The fourth-order valence-electron chi connectivity index (χ4n) is 3.11. The highest BCUT2D eigenvalue weighted by atomic mass is 19.1. The van der Waals surface area contributed by atoms with Crippen LogP contribution in [-0.2, 0) is 24.7 Å². The van der Waals surface area contributed by atoms with Gasteiger partial charge in [-0.3, -0.25) is 19.3 Å². The van der Waals surface area contributed by atoms with E-state index >= 15 is 0 Å². The number of anilines is 1.